The molecule has 0 radical (unpaired) electrons. The lowest BCUT2D eigenvalue weighted by molar-refractivity contribution is 0.112. The van der Waals surface area contributed by atoms with Crippen molar-refractivity contribution < 1.29 is 17.6 Å². The molecule has 6 nitrogen and oxygen atoms in total. The van der Waals surface area contributed by atoms with E-state index in [4.69, 9.17) is 0 Å². The van der Waals surface area contributed by atoms with Gasteiger partial charge in [0.2, 0.25) is 10.0 Å². The topological polar surface area (TPSA) is 80.2 Å². The van der Waals surface area contributed by atoms with E-state index < -0.39 is 15.8 Å². The maximum absolute atomic E-state index is 12.8. The van der Waals surface area contributed by atoms with Crippen LogP contribution in [0.2, 0.25) is 0 Å². The molecule has 110 valence electrons. The van der Waals surface area contributed by atoms with Gasteiger partial charge in [-0.05, 0) is 24.3 Å². The molecule has 0 bridgehead atoms. The maximum atomic E-state index is 12.8. The molecule has 0 fully saturated rings. The molecule has 0 spiro atoms. The highest BCUT2D eigenvalue weighted by atomic mass is 32.2. The van der Waals surface area contributed by atoms with Gasteiger partial charge < -0.3 is 0 Å². The molecule has 21 heavy (non-hydrogen) atoms. The van der Waals surface area contributed by atoms with E-state index in [1.165, 1.54) is 31.6 Å². The lowest BCUT2D eigenvalue weighted by Gasteiger charge is -2.16. The number of carbonyl (C=O) groups is 1. The third-order valence-corrected chi connectivity index (χ3v) is 4.56. The van der Waals surface area contributed by atoms with Crippen LogP contribution in [-0.4, -0.2) is 36.0 Å². The van der Waals surface area contributed by atoms with Crippen LogP contribution in [0.5, 0.6) is 0 Å². The fourth-order valence-corrected chi connectivity index (χ4v) is 2.70. The quantitative estimate of drug-likeness (QED) is 0.777. The van der Waals surface area contributed by atoms with E-state index in [0.29, 0.717) is 11.8 Å². The van der Waals surface area contributed by atoms with Gasteiger partial charge >= 0.3 is 0 Å². The number of aldehydes is 1. The van der Waals surface area contributed by atoms with Crippen molar-refractivity contribution in [2.45, 2.75) is 11.4 Å². The van der Waals surface area contributed by atoms with Crippen molar-refractivity contribution in [3.63, 3.8) is 0 Å². The van der Waals surface area contributed by atoms with Crippen LogP contribution in [0.3, 0.4) is 0 Å². The zero-order valence-electron chi connectivity index (χ0n) is 11.1. The average Bonchev–Trinajstić information content (AvgIpc) is 2.48. The molecule has 0 aliphatic rings. The van der Waals surface area contributed by atoms with Gasteiger partial charge in [-0.3, -0.25) is 4.79 Å². The number of hydrogen-bond acceptors (Lipinski definition) is 5. The average molecular weight is 309 g/mol. The van der Waals surface area contributed by atoms with Crippen molar-refractivity contribution in [2.75, 3.05) is 7.05 Å². The predicted molar refractivity (Wildman–Crippen MR) is 72.5 cm³/mol. The monoisotopic (exact) mass is 309 g/mol. The fourth-order valence-electron chi connectivity index (χ4n) is 1.58. The summed E-state index contributed by atoms with van der Waals surface area (Å²) in [5, 5.41) is 0. The molecule has 0 amide bonds. The van der Waals surface area contributed by atoms with Gasteiger partial charge in [-0.15, -0.1) is 0 Å². The maximum Gasteiger partial charge on any atom is 0.243 e. The van der Waals surface area contributed by atoms with Crippen molar-refractivity contribution >= 4 is 16.3 Å². The highest BCUT2D eigenvalue weighted by molar-refractivity contribution is 7.89. The molecule has 0 saturated carbocycles. The summed E-state index contributed by atoms with van der Waals surface area (Å²) >= 11 is 0. The molecule has 2 rings (SSSR count). The fraction of sp³-hybridized carbons (Fsp3) is 0.154. The van der Waals surface area contributed by atoms with Crippen LogP contribution in [0, 0.1) is 5.82 Å². The zero-order valence-corrected chi connectivity index (χ0v) is 11.9. The summed E-state index contributed by atoms with van der Waals surface area (Å²) in [7, 11) is -2.38. The van der Waals surface area contributed by atoms with E-state index in [9.17, 15) is 17.6 Å². The van der Waals surface area contributed by atoms with Gasteiger partial charge in [-0.1, -0.05) is 0 Å². The number of halogens is 1. The van der Waals surface area contributed by atoms with Crippen LogP contribution in [0.25, 0.3) is 0 Å². The van der Waals surface area contributed by atoms with Gasteiger partial charge in [0.15, 0.2) is 6.29 Å². The number of rotatable bonds is 5. The predicted octanol–water partition coefficient (Wildman–Crippen LogP) is 1.25. The SMILES string of the molecule is CN(Cc1ncc(C=O)cn1)S(=O)(=O)c1ccc(F)cc1. The summed E-state index contributed by atoms with van der Waals surface area (Å²) in [4.78, 5) is 18.3. The van der Waals surface area contributed by atoms with Gasteiger partial charge in [0, 0.05) is 19.4 Å². The van der Waals surface area contributed by atoms with Crippen molar-refractivity contribution in [1.29, 1.82) is 0 Å². The van der Waals surface area contributed by atoms with E-state index in [-0.39, 0.29) is 17.3 Å². The molecule has 0 N–H and O–H groups in total. The Morgan fingerprint density at radius 1 is 1.19 bits per heavy atom. The second-order valence-corrected chi connectivity index (χ2v) is 6.31. The van der Waals surface area contributed by atoms with Crippen LogP contribution in [0.4, 0.5) is 4.39 Å². The smallest absolute Gasteiger partial charge is 0.243 e. The minimum absolute atomic E-state index is 0.0177. The molecule has 0 unspecified atom stereocenters. The van der Waals surface area contributed by atoms with Gasteiger partial charge in [-0.25, -0.2) is 22.8 Å². The summed E-state index contributed by atoms with van der Waals surface area (Å²) in [6.45, 7) is -0.0567. The standard InChI is InChI=1S/C13H12FN3O3S/c1-17(8-13-15-6-10(9-18)7-16-13)21(19,20)12-4-2-11(14)3-5-12/h2-7,9H,8H2,1H3. The highest BCUT2D eigenvalue weighted by Gasteiger charge is 2.21. The largest absolute Gasteiger partial charge is 0.298 e. The molecule has 0 saturated heterocycles. The molecule has 0 aliphatic carbocycles. The summed E-state index contributed by atoms with van der Waals surface area (Å²) < 4.78 is 38.4. The third kappa shape index (κ3) is 3.47. The van der Waals surface area contributed by atoms with E-state index in [1.807, 2.05) is 0 Å². The molecular weight excluding hydrogens is 297 g/mol. The zero-order chi connectivity index (χ0) is 15.5. The Labute approximate surface area is 121 Å². The normalized spacial score (nSPS) is 11.6. The summed E-state index contributed by atoms with van der Waals surface area (Å²) in [5.41, 5.74) is 0.308. The van der Waals surface area contributed by atoms with Gasteiger partial charge in [0.25, 0.3) is 0 Å². The lowest BCUT2D eigenvalue weighted by atomic mass is 10.4. The molecule has 0 atom stereocenters. The first-order valence-corrected chi connectivity index (χ1v) is 7.35. The van der Waals surface area contributed by atoms with Crippen molar-refractivity contribution in [3.05, 3.63) is 53.9 Å². The van der Waals surface area contributed by atoms with Crippen LogP contribution in [0.1, 0.15) is 16.2 Å². The first-order chi connectivity index (χ1) is 9.93. The minimum atomic E-state index is -3.75. The molecule has 1 heterocycles. The van der Waals surface area contributed by atoms with Gasteiger partial charge in [0.1, 0.15) is 11.6 Å². The van der Waals surface area contributed by atoms with E-state index in [1.54, 1.807) is 0 Å². The first-order valence-electron chi connectivity index (χ1n) is 5.91. The van der Waals surface area contributed by atoms with E-state index in [0.717, 1.165) is 16.4 Å². The molecule has 1 aromatic carbocycles. The Hall–Kier alpha value is -2.19. The van der Waals surface area contributed by atoms with Gasteiger partial charge in [0.05, 0.1) is 17.0 Å². The van der Waals surface area contributed by atoms with Crippen LogP contribution in [0.15, 0.2) is 41.6 Å². The van der Waals surface area contributed by atoms with Crippen LogP contribution < -0.4 is 0 Å². The molecule has 1 aromatic heterocycles. The molecule has 8 heteroatoms. The number of carbonyl (C=O) groups excluding carboxylic acids is 1. The highest BCUT2D eigenvalue weighted by Crippen LogP contribution is 2.16. The molecule has 0 aliphatic heterocycles. The van der Waals surface area contributed by atoms with E-state index >= 15 is 0 Å². The van der Waals surface area contributed by atoms with Crippen molar-refractivity contribution in [3.8, 4) is 0 Å². The number of benzene rings is 1. The first kappa shape index (κ1) is 15.2. The van der Waals surface area contributed by atoms with Crippen LogP contribution in [-0.2, 0) is 16.6 Å². The molecular formula is C13H12FN3O3S. The Morgan fingerprint density at radius 3 is 2.29 bits per heavy atom. The summed E-state index contributed by atoms with van der Waals surface area (Å²) in [5.74, 6) is -0.252. The second-order valence-electron chi connectivity index (χ2n) is 4.27. The summed E-state index contributed by atoms with van der Waals surface area (Å²) in [6.07, 6.45) is 3.23. The Morgan fingerprint density at radius 2 is 1.76 bits per heavy atom. The third-order valence-electron chi connectivity index (χ3n) is 2.75. The minimum Gasteiger partial charge on any atom is -0.298 e. The van der Waals surface area contributed by atoms with Crippen LogP contribution >= 0.6 is 0 Å². The lowest BCUT2D eigenvalue weighted by Crippen LogP contribution is -2.27. The Balaban J connectivity index is 2.19. The van der Waals surface area contributed by atoms with Gasteiger partial charge in [-0.2, -0.15) is 4.31 Å². The number of sulfonamides is 1. The summed E-state index contributed by atoms with van der Waals surface area (Å²) in [6, 6.07) is 4.54. The second kappa shape index (κ2) is 6.06. The number of hydrogen-bond donors (Lipinski definition) is 0. The van der Waals surface area contributed by atoms with Crippen molar-refractivity contribution in [1.82, 2.24) is 14.3 Å². The Kier molecular flexibility index (Phi) is 4.39. The number of nitrogens with zero attached hydrogens (tertiary/aromatic N) is 3. The number of aromatic nitrogens is 2. The Bertz CT molecular complexity index is 730. The van der Waals surface area contributed by atoms with E-state index in [2.05, 4.69) is 9.97 Å². The molecule has 2 aromatic rings. The van der Waals surface area contributed by atoms with Crippen molar-refractivity contribution in [2.24, 2.45) is 0 Å².